The molecule has 1 unspecified atom stereocenters. The van der Waals surface area contributed by atoms with Crippen LogP contribution >= 0.6 is 11.6 Å². The van der Waals surface area contributed by atoms with Gasteiger partial charge in [-0.2, -0.15) is 4.98 Å². The van der Waals surface area contributed by atoms with Crippen LogP contribution in [0.2, 0.25) is 5.02 Å². The number of nitrogens with one attached hydrogen (secondary N) is 1. The first-order chi connectivity index (χ1) is 22.1. The maximum Gasteiger partial charge on any atom is 0.260 e. The number of piperazine rings is 1. The predicted molar refractivity (Wildman–Crippen MR) is 181 cm³/mol. The molecule has 7 rings (SSSR count). The highest BCUT2D eigenvalue weighted by atomic mass is 35.5. The number of aryl methyl sites for hydroxylation is 2. The Morgan fingerprint density at radius 2 is 1.93 bits per heavy atom. The van der Waals surface area contributed by atoms with Gasteiger partial charge in [0, 0.05) is 73.2 Å². The molecule has 9 nitrogen and oxygen atoms in total. The normalized spacial score (nSPS) is 21.4. The number of likely N-dealkylation sites (N-methyl/N-ethyl adjacent to an activating group) is 1. The van der Waals surface area contributed by atoms with E-state index in [0.29, 0.717) is 71.7 Å². The van der Waals surface area contributed by atoms with Gasteiger partial charge in [-0.15, -0.1) is 0 Å². The monoisotopic (exact) mass is 643 g/mol. The second-order valence-corrected chi connectivity index (χ2v) is 13.3. The van der Waals surface area contributed by atoms with Crippen molar-refractivity contribution in [3.8, 4) is 11.1 Å². The van der Waals surface area contributed by atoms with Gasteiger partial charge in [0.2, 0.25) is 11.9 Å². The first-order valence-corrected chi connectivity index (χ1v) is 16.5. The van der Waals surface area contributed by atoms with Crippen molar-refractivity contribution >= 4 is 45.9 Å². The van der Waals surface area contributed by atoms with Gasteiger partial charge in [-0.1, -0.05) is 30.7 Å². The molecule has 1 amide bonds. The molecular weight excluding hydrogens is 605 g/mol. The summed E-state index contributed by atoms with van der Waals surface area (Å²) in [7, 11) is 2.21. The molecule has 0 saturated carbocycles. The van der Waals surface area contributed by atoms with Crippen LogP contribution in [0.1, 0.15) is 49.8 Å². The highest BCUT2D eigenvalue weighted by Gasteiger charge is 2.41. The van der Waals surface area contributed by atoms with Crippen molar-refractivity contribution in [1.82, 2.24) is 24.3 Å². The number of carbonyl (C=O) groups excluding carboxylic acids is 1. The second-order valence-electron chi connectivity index (χ2n) is 13.0. The maximum atomic E-state index is 14.6. The molecular formula is C35H39ClFN7O2. The summed E-state index contributed by atoms with van der Waals surface area (Å²) < 4.78 is 16.3. The summed E-state index contributed by atoms with van der Waals surface area (Å²) in [4.78, 5) is 43.5. The minimum Gasteiger partial charge on any atom is -0.365 e. The number of amides is 1. The van der Waals surface area contributed by atoms with Crippen molar-refractivity contribution in [2.45, 2.75) is 64.6 Å². The highest BCUT2D eigenvalue weighted by Crippen LogP contribution is 2.37. The van der Waals surface area contributed by atoms with Gasteiger partial charge >= 0.3 is 0 Å². The summed E-state index contributed by atoms with van der Waals surface area (Å²) in [5.74, 6) is -0.182. The second kappa shape index (κ2) is 12.0. The number of piperidine rings is 1. The summed E-state index contributed by atoms with van der Waals surface area (Å²) in [6.07, 6.45) is 4.77. The van der Waals surface area contributed by atoms with Crippen LogP contribution in [0.4, 0.5) is 21.7 Å². The van der Waals surface area contributed by atoms with Crippen LogP contribution in [0, 0.1) is 19.7 Å². The molecule has 3 atom stereocenters. The number of halogens is 2. The maximum absolute atomic E-state index is 14.6. The van der Waals surface area contributed by atoms with Crippen molar-refractivity contribution < 1.29 is 9.18 Å². The van der Waals surface area contributed by atoms with Gasteiger partial charge in [-0.25, -0.2) is 9.37 Å². The Hall–Kier alpha value is -4.02. The lowest BCUT2D eigenvalue weighted by molar-refractivity contribution is -0.132. The number of hydrogen-bond donors (Lipinski definition) is 1. The standard InChI is InChI=1S/C35H39ClFN7O2/c1-5-30(45)42-13-7-8-23(18-42)44-33-27(21(3)31(34(44)46)26-9-6-10-28(37)32(26)36)16-38-35(40-33)39-22-11-12-29(20(2)14-22)43-19-24-15-25(43)17-41(24)4/h6,9-12,14,16,23-25H,5,7-8,13,15,17-19H2,1-4H3,(H,38,39,40)/t23?,24-,25-/m0/s1. The summed E-state index contributed by atoms with van der Waals surface area (Å²) in [5, 5.41) is 3.93. The van der Waals surface area contributed by atoms with Gasteiger partial charge in [-0.05, 0) is 75.5 Å². The molecule has 5 heterocycles. The summed E-state index contributed by atoms with van der Waals surface area (Å²) >= 11 is 6.43. The first kappa shape index (κ1) is 30.6. The zero-order valence-corrected chi connectivity index (χ0v) is 27.4. The molecule has 3 fully saturated rings. The molecule has 0 spiro atoms. The number of pyridine rings is 1. The van der Waals surface area contributed by atoms with Gasteiger partial charge in [0.1, 0.15) is 11.5 Å². The summed E-state index contributed by atoms with van der Waals surface area (Å²) in [6.45, 7) is 8.97. The number of hydrogen-bond acceptors (Lipinski definition) is 7. The van der Waals surface area contributed by atoms with Gasteiger partial charge in [0.05, 0.1) is 16.6 Å². The quantitative estimate of drug-likeness (QED) is 0.273. The SMILES string of the molecule is CCC(=O)N1CCCC(n2c(=O)c(-c3cccc(F)c3Cl)c(C)c3cnc(Nc4ccc(N5C[C@@H]6C[C@H]5CN6C)c(C)c4)nc32)C1. The fourth-order valence-corrected chi connectivity index (χ4v) is 7.93. The Kier molecular flexibility index (Phi) is 7.97. The van der Waals surface area contributed by atoms with E-state index >= 15 is 0 Å². The van der Waals surface area contributed by atoms with Gasteiger partial charge in [0.15, 0.2) is 0 Å². The van der Waals surface area contributed by atoms with Crippen molar-refractivity contribution in [2.75, 3.05) is 43.4 Å². The zero-order chi connectivity index (χ0) is 32.3. The van der Waals surface area contributed by atoms with E-state index in [2.05, 4.69) is 46.2 Å². The summed E-state index contributed by atoms with van der Waals surface area (Å²) in [5.41, 5.74) is 4.70. The van der Waals surface area contributed by atoms with E-state index in [4.69, 9.17) is 16.6 Å². The molecule has 3 aliphatic heterocycles. The third-order valence-electron chi connectivity index (χ3n) is 10.1. The van der Waals surface area contributed by atoms with Crippen LogP contribution in [0.25, 0.3) is 22.2 Å². The molecule has 46 heavy (non-hydrogen) atoms. The number of fused-ring (bicyclic) bond motifs is 3. The largest absolute Gasteiger partial charge is 0.365 e. The predicted octanol–water partition coefficient (Wildman–Crippen LogP) is 6.08. The Labute approximate surface area is 273 Å². The number of rotatable bonds is 6. The van der Waals surface area contributed by atoms with Gasteiger partial charge in [-0.3, -0.25) is 19.1 Å². The van der Waals surface area contributed by atoms with Gasteiger partial charge in [0.25, 0.3) is 5.56 Å². The number of aromatic nitrogens is 3. The van der Waals surface area contributed by atoms with Crippen LogP contribution in [0.15, 0.2) is 47.4 Å². The lowest BCUT2D eigenvalue weighted by Crippen LogP contribution is -2.44. The molecule has 0 radical (unpaired) electrons. The minimum absolute atomic E-state index is 0.0483. The lowest BCUT2D eigenvalue weighted by Gasteiger charge is -2.34. The number of carbonyl (C=O) groups is 1. The Bertz CT molecular complexity index is 1910. The van der Waals surface area contributed by atoms with Crippen molar-refractivity contribution in [3.05, 3.63) is 74.9 Å². The third-order valence-corrected chi connectivity index (χ3v) is 10.5. The third kappa shape index (κ3) is 5.21. The molecule has 11 heteroatoms. The number of likely N-dealkylation sites (tertiary alicyclic amines) is 2. The average molecular weight is 644 g/mol. The number of benzene rings is 2. The van der Waals surface area contributed by atoms with E-state index in [1.54, 1.807) is 22.9 Å². The van der Waals surface area contributed by atoms with Crippen LogP contribution in [0.5, 0.6) is 0 Å². The van der Waals surface area contributed by atoms with Crippen LogP contribution < -0.4 is 15.8 Å². The molecule has 3 saturated heterocycles. The van der Waals surface area contributed by atoms with Crippen molar-refractivity contribution in [1.29, 1.82) is 0 Å². The first-order valence-electron chi connectivity index (χ1n) is 16.1. The molecule has 3 aliphatic rings. The van der Waals surface area contributed by atoms with Gasteiger partial charge < -0.3 is 15.1 Å². The van der Waals surface area contributed by atoms with Crippen LogP contribution in [0.3, 0.4) is 0 Å². The lowest BCUT2D eigenvalue weighted by atomic mass is 9.98. The van der Waals surface area contributed by atoms with E-state index in [-0.39, 0.29) is 22.5 Å². The van der Waals surface area contributed by atoms with E-state index in [1.807, 2.05) is 24.8 Å². The molecule has 240 valence electrons. The van der Waals surface area contributed by atoms with E-state index in [9.17, 15) is 14.0 Å². The van der Waals surface area contributed by atoms with Crippen molar-refractivity contribution in [3.63, 3.8) is 0 Å². The van der Waals surface area contributed by atoms with E-state index in [1.165, 1.54) is 23.7 Å². The fourth-order valence-electron chi connectivity index (χ4n) is 7.71. The fraction of sp³-hybridized carbons (Fsp3) is 0.429. The smallest absolute Gasteiger partial charge is 0.260 e. The molecule has 2 aromatic carbocycles. The van der Waals surface area contributed by atoms with Crippen molar-refractivity contribution in [2.24, 2.45) is 0 Å². The van der Waals surface area contributed by atoms with E-state index in [0.717, 1.165) is 25.2 Å². The van der Waals surface area contributed by atoms with E-state index < -0.39 is 5.82 Å². The Morgan fingerprint density at radius 3 is 2.65 bits per heavy atom. The molecule has 2 aromatic heterocycles. The number of nitrogens with zero attached hydrogens (tertiary/aromatic N) is 6. The Morgan fingerprint density at radius 1 is 1.11 bits per heavy atom. The minimum atomic E-state index is -0.594. The average Bonchev–Trinajstić information content (AvgIpc) is 3.62. The molecule has 1 N–H and O–H groups in total. The number of anilines is 3. The summed E-state index contributed by atoms with van der Waals surface area (Å²) in [6, 6.07) is 11.7. The van der Waals surface area contributed by atoms with Crippen LogP contribution in [-0.2, 0) is 4.79 Å². The molecule has 4 aromatic rings. The highest BCUT2D eigenvalue weighted by molar-refractivity contribution is 6.33. The zero-order valence-electron chi connectivity index (χ0n) is 26.7. The molecule has 0 aliphatic carbocycles. The topological polar surface area (TPSA) is 86.6 Å². The molecule has 2 bridgehead atoms. The Balaban J connectivity index is 1.29. The van der Waals surface area contributed by atoms with Crippen LogP contribution in [-0.4, -0.2) is 75.6 Å².